The summed E-state index contributed by atoms with van der Waals surface area (Å²) in [6, 6.07) is 11.4. The molecule has 2 aromatic carbocycles. The summed E-state index contributed by atoms with van der Waals surface area (Å²) in [5.41, 5.74) is 1.80. The zero-order valence-corrected chi connectivity index (χ0v) is 14.8. The number of hydrogen-bond acceptors (Lipinski definition) is 3. The van der Waals surface area contributed by atoms with E-state index in [0.717, 1.165) is 18.4 Å². The summed E-state index contributed by atoms with van der Waals surface area (Å²) in [5.74, 6) is -0.739. The molecule has 1 saturated heterocycles. The van der Waals surface area contributed by atoms with Crippen molar-refractivity contribution in [3.63, 3.8) is 0 Å². The molecule has 2 heterocycles. The van der Waals surface area contributed by atoms with E-state index >= 15 is 0 Å². The molecule has 0 aliphatic carbocycles. The number of rotatable bonds is 3. The summed E-state index contributed by atoms with van der Waals surface area (Å²) in [6.07, 6.45) is -2.89. The summed E-state index contributed by atoms with van der Waals surface area (Å²) < 4.78 is 38.4. The quantitative estimate of drug-likeness (QED) is 0.712. The number of carbonyl (C=O) groups excluding carboxylic acids is 1. The number of fused-ring (bicyclic) bond motifs is 1. The van der Waals surface area contributed by atoms with Crippen LogP contribution in [0.1, 0.15) is 28.2 Å². The van der Waals surface area contributed by atoms with E-state index < -0.39 is 12.0 Å². The van der Waals surface area contributed by atoms with Crippen LogP contribution in [-0.2, 0) is 12.6 Å². The lowest BCUT2D eigenvalue weighted by atomic mass is 9.99. The van der Waals surface area contributed by atoms with Crippen molar-refractivity contribution in [3.05, 3.63) is 59.4 Å². The lowest BCUT2D eigenvalue weighted by Gasteiger charge is -2.17. The van der Waals surface area contributed by atoms with Crippen molar-refractivity contribution in [1.82, 2.24) is 14.9 Å². The SMILES string of the molecule is O=C(c1ccc2nc(C(F)(F)F)[nH]c2c1)N1CCC(Cc2ccc(O)cc2)C1. The number of nitrogens with one attached hydrogen (secondary N) is 1. The number of phenolic OH excluding ortho intramolecular Hbond substituents is 1. The zero-order valence-electron chi connectivity index (χ0n) is 14.8. The van der Waals surface area contributed by atoms with Crippen LogP contribution in [0.2, 0.25) is 0 Å². The highest BCUT2D eigenvalue weighted by Gasteiger charge is 2.35. The molecule has 28 heavy (non-hydrogen) atoms. The van der Waals surface area contributed by atoms with Crippen molar-refractivity contribution in [2.45, 2.75) is 19.0 Å². The second-order valence-corrected chi connectivity index (χ2v) is 7.09. The molecule has 8 heteroatoms. The van der Waals surface area contributed by atoms with E-state index in [0.29, 0.717) is 24.6 Å². The van der Waals surface area contributed by atoms with Crippen molar-refractivity contribution in [2.75, 3.05) is 13.1 Å². The first-order valence-electron chi connectivity index (χ1n) is 8.94. The fraction of sp³-hybridized carbons (Fsp3) is 0.300. The van der Waals surface area contributed by atoms with Gasteiger partial charge in [-0.2, -0.15) is 13.2 Å². The van der Waals surface area contributed by atoms with Crippen molar-refractivity contribution >= 4 is 16.9 Å². The van der Waals surface area contributed by atoms with Crippen molar-refractivity contribution in [1.29, 1.82) is 0 Å². The average molecular weight is 389 g/mol. The second-order valence-electron chi connectivity index (χ2n) is 7.09. The monoisotopic (exact) mass is 389 g/mol. The Hall–Kier alpha value is -3.03. The normalized spacial score (nSPS) is 17.4. The number of aromatic amines is 1. The minimum atomic E-state index is -4.56. The van der Waals surface area contributed by atoms with Gasteiger partial charge in [-0.25, -0.2) is 4.98 Å². The number of aromatic nitrogens is 2. The molecule has 2 N–H and O–H groups in total. The van der Waals surface area contributed by atoms with Gasteiger partial charge in [0.15, 0.2) is 0 Å². The predicted molar refractivity (Wildman–Crippen MR) is 96.9 cm³/mol. The highest BCUT2D eigenvalue weighted by molar-refractivity contribution is 5.97. The summed E-state index contributed by atoms with van der Waals surface area (Å²) in [7, 11) is 0. The Labute approximate surface area is 158 Å². The zero-order chi connectivity index (χ0) is 19.9. The summed E-state index contributed by atoms with van der Waals surface area (Å²) >= 11 is 0. The van der Waals surface area contributed by atoms with Crippen molar-refractivity contribution < 1.29 is 23.1 Å². The van der Waals surface area contributed by atoms with Crippen molar-refractivity contribution in [2.24, 2.45) is 5.92 Å². The van der Waals surface area contributed by atoms with E-state index in [1.54, 1.807) is 17.0 Å². The number of hydrogen-bond donors (Lipinski definition) is 2. The number of alkyl halides is 3. The number of phenols is 1. The fourth-order valence-corrected chi connectivity index (χ4v) is 3.61. The molecule has 1 amide bonds. The molecule has 1 atom stereocenters. The Morgan fingerprint density at radius 1 is 1.21 bits per heavy atom. The smallest absolute Gasteiger partial charge is 0.449 e. The van der Waals surface area contributed by atoms with Gasteiger partial charge in [0, 0.05) is 18.7 Å². The Kier molecular flexibility index (Phi) is 4.49. The molecule has 1 unspecified atom stereocenters. The van der Waals surface area contributed by atoms with Gasteiger partial charge in [0.25, 0.3) is 5.91 Å². The van der Waals surface area contributed by atoms with E-state index in [2.05, 4.69) is 9.97 Å². The molecule has 0 bridgehead atoms. The minimum absolute atomic E-state index is 0.176. The van der Waals surface area contributed by atoms with Crippen molar-refractivity contribution in [3.8, 4) is 5.75 Å². The Morgan fingerprint density at radius 2 is 1.96 bits per heavy atom. The average Bonchev–Trinajstić information content (AvgIpc) is 3.29. The van der Waals surface area contributed by atoms with Gasteiger partial charge in [-0.15, -0.1) is 0 Å². The van der Waals surface area contributed by atoms with Crippen LogP contribution < -0.4 is 0 Å². The fourth-order valence-electron chi connectivity index (χ4n) is 3.61. The third kappa shape index (κ3) is 3.67. The van der Waals surface area contributed by atoms with Gasteiger partial charge in [-0.05, 0) is 54.7 Å². The first-order chi connectivity index (χ1) is 13.3. The molecule has 0 radical (unpaired) electrons. The maximum Gasteiger partial charge on any atom is 0.449 e. The van der Waals surface area contributed by atoms with E-state index in [1.165, 1.54) is 18.2 Å². The minimum Gasteiger partial charge on any atom is -0.508 e. The van der Waals surface area contributed by atoms with Gasteiger partial charge < -0.3 is 15.0 Å². The molecular weight excluding hydrogens is 371 g/mol. The molecule has 1 aromatic heterocycles. The Bertz CT molecular complexity index is 1010. The number of aromatic hydroxyl groups is 1. The van der Waals surface area contributed by atoms with Gasteiger partial charge in [-0.3, -0.25) is 4.79 Å². The number of amides is 1. The third-order valence-corrected chi connectivity index (χ3v) is 5.03. The van der Waals surface area contributed by atoms with Crippen LogP contribution in [0, 0.1) is 5.92 Å². The first-order valence-corrected chi connectivity index (χ1v) is 8.94. The van der Waals surface area contributed by atoms with E-state index in [4.69, 9.17) is 0 Å². The van der Waals surface area contributed by atoms with Crippen LogP contribution in [0.3, 0.4) is 0 Å². The van der Waals surface area contributed by atoms with E-state index in [-0.39, 0.29) is 22.7 Å². The predicted octanol–water partition coefficient (Wildman–Crippen LogP) is 3.99. The van der Waals surface area contributed by atoms with Crippen LogP contribution in [-0.4, -0.2) is 39.0 Å². The highest BCUT2D eigenvalue weighted by atomic mass is 19.4. The van der Waals surface area contributed by atoms with Gasteiger partial charge in [0.1, 0.15) is 5.75 Å². The molecule has 0 saturated carbocycles. The number of H-pyrrole nitrogens is 1. The Balaban J connectivity index is 1.46. The molecule has 4 rings (SSSR count). The van der Waals surface area contributed by atoms with E-state index in [1.807, 2.05) is 12.1 Å². The summed E-state index contributed by atoms with van der Waals surface area (Å²) in [5, 5.41) is 9.36. The van der Waals surface area contributed by atoms with Gasteiger partial charge in [-0.1, -0.05) is 12.1 Å². The van der Waals surface area contributed by atoms with Crippen LogP contribution >= 0.6 is 0 Å². The van der Waals surface area contributed by atoms with Gasteiger partial charge in [0.05, 0.1) is 11.0 Å². The van der Waals surface area contributed by atoms with Crippen LogP contribution in [0.25, 0.3) is 11.0 Å². The maximum absolute atomic E-state index is 12.8. The molecule has 1 aliphatic rings. The molecule has 0 spiro atoms. The van der Waals surface area contributed by atoms with Crippen LogP contribution in [0.5, 0.6) is 5.75 Å². The Morgan fingerprint density at radius 3 is 2.68 bits per heavy atom. The number of carbonyl (C=O) groups is 1. The number of likely N-dealkylation sites (tertiary alicyclic amines) is 1. The number of benzene rings is 2. The summed E-state index contributed by atoms with van der Waals surface area (Å²) in [6.45, 7) is 1.20. The lowest BCUT2D eigenvalue weighted by molar-refractivity contribution is -0.144. The molecule has 146 valence electrons. The largest absolute Gasteiger partial charge is 0.508 e. The van der Waals surface area contributed by atoms with Crippen LogP contribution in [0.4, 0.5) is 13.2 Å². The van der Waals surface area contributed by atoms with Gasteiger partial charge >= 0.3 is 6.18 Å². The lowest BCUT2D eigenvalue weighted by Crippen LogP contribution is -2.28. The van der Waals surface area contributed by atoms with Crippen LogP contribution in [0.15, 0.2) is 42.5 Å². The number of nitrogens with zero attached hydrogens (tertiary/aromatic N) is 2. The highest BCUT2D eigenvalue weighted by Crippen LogP contribution is 2.29. The van der Waals surface area contributed by atoms with E-state index in [9.17, 15) is 23.1 Å². The van der Waals surface area contributed by atoms with Gasteiger partial charge in [0.2, 0.25) is 5.82 Å². The molecular formula is C20H18F3N3O2. The molecule has 1 fully saturated rings. The molecule has 1 aliphatic heterocycles. The standard InChI is InChI=1S/C20H18F3N3O2/c21-20(22,23)19-24-16-6-3-14(10-17(16)25-19)18(28)26-8-7-13(11-26)9-12-1-4-15(27)5-2-12/h1-6,10,13,27H,7-9,11H2,(H,24,25). The third-order valence-electron chi connectivity index (χ3n) is 5.03. The number of halogens is 3. The first kappa shape index (κ1) is 18.3. The summed E-state index contributed by atoms with van der Waals surface area (Å²) in [4.78, 5) is 20.3. The number of imidazole rings is 1. The molecule has 3 aromatic rings. The topological polar surface area (TPSA) is 69.2 Å². The molecule has 5 nitrogen and oxygen atoms in total. The maximum atomic E-state index is 12.8. The second kappa shape index (κ2) is 6.85.